The van der Waals surface area contributed by atoms with Gasteiger partial charge in [0.1, 0.15) is 32.4 Å². The molecule has 5 atom stereocenters. The van der Waals surface area contributed by atoms with Crippen molar-refractivity contribution in [3.05, 3.63) is 12.2 Å². The molecular formula is C19H32N2O6Si. The maximum absolute atomic E-state index is 12.4. The fraction of sp³-hybridized carbons (Fsp3) is 0.684. The van der Waals surface area contributed by atoms with E-state index in [-0.39, 0.29) is 5.91 Å². The number of rotatable bonds is 7. The van der Waals surface area contributed by atoms with Crippen molar-refractivity contribution in [3.8, 4) is 11.5 Å². The van der Waals surface area contributed by atoms with E-state index in [1.165, 1.54) is 19.3 Å². The van der Waals surface area contributed by atoms with Gasteiger partial charge in [-0.15, -0.1) is 5.54 Å². The Bertz CT molecular complexity index is 622. The number of nitrogens with one attached hydrogen (secondary N) is 2. The molecule has 0 unspecified atom stereocenters. The van der Waals surface area contributed by atoms with Crippen LogP contribution in [0.25, 0.3) is 0 Å². The second kappa shape index (κ2) is 11.3. The fourth-order valence-corrected chi connectivity index (χ4v) is 3.15. The van der Waals surface area contributed by atoms with E-state index in [0.717, 1.165) is 12.8 Å². The predicted molar refractivity (Wildman–Crippen MR) is 108 cm³/mol. The molecule has 9 heteroatoms. The van der Waals surface area contributed by atoms with E-state index in [4.69, 9.17) is 4.74 Å². The van der Waals surface area contributed by atoms with Crippen LogP contribution in [0.15, 0.2) is 12.2 Å². The molecular weight excluding hydrogens is 380 g/mol. The Labute approximate surface area is 167 Å². The Morgan fingerprint density at radius 3 is 2.57 bits per heavy atom. The van der Waals surface area contributed by atoms with E-state index < -0.39 is 44.4 Å². The lowest BCUT2D eigenvalue weighted by atomic mass is 10.0. The lowest BCUT2D eigenvalue weighted by Gasteiger charge is -2.28. The van der Waals surface area contributed by atoms with Crippen LogP contribution < -0.4 is 10.6 Å². The molecule has 0 aromatic rings. The summed E-state index contributed by atoms with van der Waals surface area (Å²) >= 11 is 0. The van der Waals surface area contributed by atoms with Crippen molar-refractivity contribution in [1.82, 2.24) is 10.6 Å². The zero-order valence-electron chi connectivity index (χ0n) is 16.9. The lowest BCUT2D eigenvalue weighted by molar-refractivity contribution is -0.150. The number of amides is 2. The molecule has 1 rings (SSSR count). The Morgan fingerprint density at radius 2 is 1.96 bits per heavy atom. The molecule has 0 aromatic heterocycles. The number of aliphatic hydroxyl groups excluding tert-OH is 3. The molecule has 0 spiro atoms. The molecule has 2 amide bonds. The Kier molecular flexibility index (Phi) is 9.85. The summed E-state index contributed by atoms with van der Waals surface area (Å²) in [6.45, 7) is 6.76. The van der Waals surface area contributed by atoms with Gasteiger partial charge in [0.2, 0.25) is 5.91 Å². The molecule has 0 saturated carbocycles. The van der Waals surface area contributed by atoms with E-state index in [1.54, 1.807) is 0 Å². The second-order valence-electron chi connectivity index (χ2n) is 7.85. The van der Waals surface area contributed by atoms with Crippen molar-refractivity contribution in [3.63, 3.8) is 0 Å². The normalized spacial score (nSPS) is 22.2. The van der Waals surface area contributed by atoms with Gasteiger partial charge in [-0.25, -0.2) is 0 Å². The summed E-state index contributed by atoms with van der Waals surface area (Å²) in [5.41, 5.74) is 3.07. The van der Waals surface area contributed by atoms with E-state index in [9.17, 15) is 24.9 Å². The fourth-order valence-electron chi connectivity index (χ4n) is 2.63. The molecule has 0 bridgehead atoms. The first kappa shape index (κ1) is 24.3. The topological polar surface area (TPSA) is 128 Å². The average Bonchev–Trinajstić information content (AvgIpc) is 2.82. The van der Waals surface area contributed by atoms with Crippen LogP contribution in [0.3, 0.4) is 0 Å². The van der Waals surface area contributed by atoms with Crippen molar-refractivity contribution in [2.75, 3.05) is 13.7 Å². The standard InChI is InChI=1S/C19H32N2O6Si/c1-27-17(19(26)21-13-9-5-7-11-20-18(13)25)16(24)15(23)14(22)10-6-8-12-28(2,3)4/h6,10,13-17,22-24H,5,7,9,11H2,1-4H3,(H,20,25)(H,21,26)/b10-6+/t13-,14+,15-,16+,17+/m0/s1. The second-order valence-corrected chi connectivity index (χ2v) is 12.6. The van der Waals surface area contributed by atoms with Gasteiger partial charge in [-0.2, -0.15) is 0 Å². The summed E-state index contributed by atoms with van der Waals surface area (Å²) in [7, 11) is -0.356. The van der Waals surface area contributed by atoms with Gasteiger partial charge >= 0.3 is 0 Å². The van der Waals surface area contributed by atoms with Crippen LogP contribution in [-0.4, -0.2) is 79.3 Å². The smallest absolute Gasteiger partial charge is 0.252 e. The van der Waals surface area contributed by atoms with Crippen LogP contribution in [0.2, 0.25) is 19.6 Å². The molecule has 8 nitrogen and oxygen atoms in total. The SMILES string of the molecule is CO[C@@H](C(=O)N[C@H]1CCCCNC1=O)[C@H](O)[C@@H](O)[C@H](O)/C=C/C#C[Si](C)(C)C. The van der Waals surface area contributed by atoms with E-state index >= 15 is 0 Å². The number of carbonyl (C=O) groups excluding carboxylic acids is 2. The first-order valence-electron chi connectivity index (χ1n) is 9.41. The summed E-state index contributed by atoms with van der Waals surface area (Å²) in [5, 5.41) is 35.7. The first-order valence-corrected chi connectivity index (χ1v) is 12.9. The van der Waals surface area contributed by atoms with E-state index in [1.807, 2.05) is 0 Å². The van der Waals surface area contributed by atoms with Crippen molar-refractivity contribution in [2.45, 2.75) is 69.4 Å². The third-order valence-electron chi connectivity index (χ3n) is 4.20. The number of allylic oxidation sites excluding steroid dienone is 1. The van der Waals surface area contributed by atoms with Crippen molar-refractivity contribution in [1.29, 1.82) is 0 Å². The highest BCUT2D eigenvalue weighted by atomic mass is 28.3. The zero-order valence-corrected chi connectivity index (χ0v) is 17.9. The van der Waals surface area contributed by atoms with Crippen molar-refractivity contribution < 1.29 is 29.6 Å². The summed E-state index contributed by atoms with van der Waals surface area (Å²) < 4.78 is 5.01. The molecule has 158 valence electrons. The van der Waals surface area contributed by atoms with Gasteiger partial charge in [-0.3, -0.25) is 9.59 Å². The number of methoxy groups -OCH3 is 1. The summed E-state index contributed by atoms with van der Waals surface area (Å²) in [6, 6.07) is -0.723. The molecule has 1 saturated heterocycles. The Morgan fingerprint density at radius 1 is 1.29 bits per heavy atom. The summed E-state index contributed by atoms with van der Waals surface area (Å²) in [4.78, 5) is 24.4. The predicted octanol–water partition coefficient (Wildman–Crippen LogP) is -0.694. The quantitative estimate of drug-likeness (QED) is 0.278. The zero-order chi connectivity index (χ0) is 21.3. The third kappa shape index (κ3) is 8.12. The monoisotopic (exact) mass is 412 g/mol. The van der Waals surface area contributed by atoms with Gasteiger partial charge in [-0.1, -0.05) is 25.6 Å². The number of hydrogen-bond donors (Lipinski definition) is 5. The van der Waals surface area contributed by atoms with E-state index in [2.05, 4.69) is 41.7 Å². The van der Waals surface area contributed by atoms with Crippen LogP contribution in [-0.2, 0) is 14.3 Å². The lowest BCUT2D eigenvalue weighted by Crippen LogP contribution is -2.55. The third-order valence-corrected chi connectivity index (χ3v) is 5.09. The maximum Gasteiger partial charge on any atom is 0.252 e. The number of ether oxygens (including phenoxy) is 1. The average molecular weight is 413 g/mol. The molecule has 1 fully saturated rings. The molecule has 0 aliphatic carbocycles. The van der Waals surface area contributed by atoms with Crippen LogP contribution in [0, 0.1) is 11.5 Å². The molecule has 5 N–H and O–H groups in total. The molecule has 0 radical (unpaired) electrons. The van der Waals surface area contributed by atoms with Gasteiger partial charge < -0.3 is 30.7 Å². The van der Waals surface area contributed by atoms with Crippen LogP contribution >= 0.6 is 0 Å². The van der Waals surface area contributed by atoms with Crippen molar-refractivity contribution in [2.24, 2.45) is 0 Å². The molecule has 0 aromatic carbocycles. The molecule has 1 aliphatic heterocycles. The van der Waals surface area contributed by atoms with Crippen LogP contribution in [0.5, 0.6) is 0 Å². The number of carbonyl (C=O) groups is 2. The Balaban J connectivity index is 2.72. The molecule has 1 aliphatic rings. The van der Waals surface area contributed by atoms with Gasteiger partial charge in [0.25, 0.3) is 5.91 Å². The summed E-state index contributed by atoms with van der Waals surface area (Å²) in [5.74, 6) is 1.78. The largest absolute Gasteiger partial charge is 0.387 e. The number of hydrogen-bond acceptors (Lipinski definition) is 6. The minimum atomic E-state index is -1.69. The highest BCUT2D eigenvalue weighted by Gasteiger charge is 2.36. The van der Waals surface area contributed by atoms with Gasteiger partial charge in [0.15, 0.2) is 6.10 Å². The van der Waals surface area contributed by atoms with Gasteiger partial charge in [-0.05, 0) is 31.4 Å². The summed E-state index contributed by atoms with van der Waals surface area (Å²) in [6.07, 6.45) is -1.48. The van der Waals surface area contributed by atoms with Gasteiger partial charge in [0.05, 0.1) is 0 Å². The molecule has 1 heterocycles. The maximum atomic E-state index is 12.4. The minimum Gasteiger partial charge on any atom is -0.387 e. The Hall–Kier alpha value is -1.70. The minimum absolute atomic E-state index is 0.292. The molecule has 28 heavy (non-hydrogen) atoms. The highest BCUT2D eigenvalue weighted by Crippen LogP contribution is 2.11. The van der Waals surface area contributed by atoms with Gasteiger partial charge in [0, 0.05) is 13.7 Å². The number of aliphatic hydroxyl groups is 3. The highest BCUT2D eigenvalue weighted by molar-refractivity contribution is 6.83. The first-order chi connectivity index (χ1) is 13.1. The van der Waals surface area contributed by atoms with E-state index in [0.29, 0.717) is 13.0 Å². The van der Waals surface area contributed by atoms with Crippen molar-refractivity contribution >= 4 is 19.9 Å². The van der Waals surface area contributed by atoms with Crippen LogP contribution in [0.1, 0.15) is 19.3 Å². The van der Waals surface area contributed by atoms with Crippen LogP contribution in [0.4, 0.5) is 0 Å².